The fraction of sp³-hybridized carbons (Fsp3) is 0.235. The van der Waals surface area contributed by atoms with Crippen molar-refractivity contribution in [1.82, 2.24) is 15.0 Å². The first-order valence-corrected chi connectivity index (χ1v) is 7.96. The van der Waals surface area contributed by atoms with E-state index in [1.54, 1.807) is 6.20 Å². The zero-order chi connectivity index (χ0) is 17.8. The van der Waals surface area contributed by atoms with Crippen molar-refractivity contribution < 1.29 is 4.92 Å². The second-order valence-corrected chi connectivity index (χ2v) is 5.63. The monoisotopic (exact) mass is 338 g/mol. The Hall–Kier alpha value is -3.29. The number of benzene rings is 1. The molecule has 0 saturated heterocycles. The molecule has 0 amide bonds. The largest absolute Gasteiger partial charge is 0.362 e. The second-order valence-electron chi connectivity index (χ2n) is 5.63. The molecule has 0 bridgehead atoms. The van der Waals surface area contributed by atoms with Gasteiger partial charge in [0, 0.05) is 23.3 Å². The summed E-state index contributed by atoms with van der Waals surface area (Å²) in [6.45, 7) is 3.93. The van der Waals surface area contributed by atoms with Crippen molar-refractivity contribution in [2.75, 3.05) is 10.6 Å². The van der Waals surface area contributed by atoms with Crippen LogP contribution in [0.4, 0.5) is 23.0 Å². The van der Waals surface area contributed by atoms with Crippen molar-refractivity contribution in [3.63, 3.8) is 0 Å². The summed E-state index contributed by atoms with van der Waals surface area (Å²) < 4.78 is 0. The van der Waals surface area contributed by atoms with E-state index in [2.05, 4.69) is 25.6 Å². The average Bonchev–Trinajstić information content (AvgIpc) is 2.62. The van der Waals surface area contributed by atoms with Crippen LogP contribution in [-0.4, -0.2) is 25.9 Å². The van der Waals surface area contributed by atoms with Gasteiger partial charge in [0.25, 0.3) is 0 Å². The maximum atomic E-state index is 11.6. The van der Waals surface area contributed by atoms with Crippen molar-refractivity contribution in [2.24, 2.45) is 0 Å². The van der Waals surface area contributed by atoms with Crippen molar-refractivity contribution in [2.45, 2.75) is 26.3 Å². The van der Waals surface area contributed by atoms with E-state index in [-0.39, 0.29) is 23.4 Å². The molecule has 1 unspecified atom stereocenters. The molecule has 3 aromatic rings. The lowest BCUT2D eigenvalue weighted by atomic mass is 10.2. The minimum absolute atomic E-state index is 0.0585. The maximum absolute atomic E-state index is 11.6. The molecule has 2 heterocycles. The highest BCUT2D eigenvalue weighted by molar-refractivity contribution is 5.93. The van der Waals surface area contributed by atoms with E-state index in [0.717, 1.165) is 17.3 Å². The van der Waals surface area contributed by atoms with Crippen molar-refractivity contribution in [1.29, 1.82) is 0 Å². The number of nitrogens with zero attached hydrogens (tertiary/aromatic N) is 4. The molecule has 2 N–H and O–H groups in total. The molecule has 0 radical (unpaired) electrons. The van der Waals surface area contributed by atoms with Crippen LogP contribution >= 0.6 is 0 Å². The van der Waals surface area contributed by atoms with Gasteiger partial charge in [-0.2, -0.15) is 0 Å². The van der Waals surface area contributed by atoms with Gasteiger partial charge in [0.2, 0.25) is 11.6 Å². The van der Waals surface area contributed by atoms with Gasteiger partial charge in [0.05, 0.1) is 10.4 Å². The van der Waals surface area contributed by atoms with Gasteiger partial charge in [-0.25, -0.2) is 9.97 Å². The van der Waals surface area contributed by atoms with Crippen LogP contribution in [-0.2, 0) is 0 Å². The average molecular weight is 338 g/mol. The van der Waals surface area contributed by atoms with Crippen molar-refractivity contribution in [3.05, 3.63) is 53.0 Å². The Labute approximate surface area is 144 Å². The van der Waals surface area contributed by atoms with Crippen molar-refractivity contribution >= 4 is 33.9 Å². The Balaban J connectivity index is 2.04. The number of fused-ring (bicyclic) bond motifs is 1. The highest BCUT2D eigenvalue weighted by Crippen LogP contribution is 2.33. The molecular weight excluding hydrogens is 320 g/mol. The Morgan fingerprint density at radius 2 is 1.96 bits per heavy atom. The third-order valence-electron chi connectivity index (χ3n) is 3.90. The summed E-state index contributed by atoms with van der Waals surface area (Å²) in [5, 5.41) is 18.6. The Morgan fingerprint density at radius 1 is 1.16 bits per heavy atom. The molecule has 128 valence electrons. The van der Waals surface area contributed by atoms with E-state index < -0.39 is 4.92 Å². The summed E-state index contributed by atoms with van der Waals surface area (Å²) >= 11 is 0. The van der Waals surface area contributed by atoms with Crippen LogP contribution in [0.3, 0.4) is 0 Å². The van der Waals surface area contributed by atoms with E-state index in [0.29, 0.717) is 5.69 Å². The summed E-state index contributed by atoms with van der Waals surface area (Å²) in [6, 6.07) is 9.32. The normalized spacial score (nSPS) is 11.9. The van der Waals surface area contributed by atoms with Gasteiger partial charge >= 0.3 is 5.69 Å². The van der Waals surface area contributed by atoms with Gasteiger partial charge in [-0.3, -0.25) is 15.1 Å². The van der Waals surface area contributed by atoms with Crippen LogP contribution in [0.25, 0.3) is 10.9 Å². The number of nitro groups is 1. The molecule has 2 aromatic heterocycles. The number of rotatable bonds is 6. The Bertz CT molecular complexity index is 909. The van der Waals surface area contributed by atoms with Gasteiger partial charge < -0.3 is 10.6 Å². The van der Waals surface area contributed by atoms with E-state index in [9.17, 15) is 10.1 Å². The predicted octanol–water partition coefficient (Wildman–Crippen LogP) is 3.89. The molecule has 0 spiro atoms. The molecule has 1 atom stereocenters. The number of pyridine rings is 1. The minimum Gasteiger partial charge on any atom is -0.362 e. The molecule has 0 saturated carbocycles. The minimum atomic E-state index is -0.476. The number of nitrogens with one attached hydrogen (secondary N) is 2. The topological polar surface area (TPSA) is 106 Å². The summed E-state index contributed by atoms with van der Waals surface area (Å²) in [6.07, 6.45) is 3.83. The van der Waals surface area contributed by atoms with Gasteiger partial charge in [-0.15, -0.1) is 0 Å². The summed E-state index contributed by atoms with van der Waals surface area (Å²) in [4.78, 5) is 23.5. The first kappa shape index (κ1) is 16.6. The Morgan fingerprint density at radius 3 is 2.72 bits per heavy atom. The first-order valence-electron chi connectivity index (χ1n) is 7.96. The predicted molar refractivity (Wildman–Crippen MR) is 97.1 cm³/mol. The van der Waals surface area contributed by atoms with E-state index in [4.69, 9.17) is 0 Å². The Kier molecular flexibility index (Phi) is 4.69. The zero-order valence-electron chi connectivity index (χ0n) is 13.9. The van der Waals surface area contributed by atoms with Crippen LogP contribution in [0, 0.1) is 10.1 Å². The number of hydrogen-bond acceptors (Lipinski definition) is 7. The maximum Gasteiger partial charge on any atom is 0.353 e. The van der Waals surface area contributed by atoms with Gasteiger partial charge in [-0.1, -0.05) is 13.0 Å². The van der Waals surface area contributed by atoms with Crippen LogP contribution in [0.5, 0.6) is 0 Å². The first-order chi connectivity index (χ1) is 12.1. The molecule has 8 heteroatoms. The van der Waals surface area contributed by atoms with Crippen LogP contribution in [0.2, 0.25) is 0 Å². The highest BCUT2D eigenvalue weighted by Gasteiger charge is 2.24. The number of anilines is 3. The standard InChI is InChI=1S/C17H18N6O2/c1-3-11(2)21-16-15(23(24)25)17(20-10-19-16)22-14-8-4-7-13-12(14)6-5-9-18-13/h4-11H,3H2,1-2H3,(H2,19,20,21,22). The molecule has 3 rings (SSSR count). The summed E-state index contributed by atoms with van der Waals surface area (Å²) in [5.41, 5.74) is 1.31. The summed E-state index contributed by atoms with van der Waals surface area (Å²) in [5.74, 6) is 0.345. The van der Waals surface area contributed by atoms with Crippen LogP contribution < -0.4 is 10.6 Å². The number of hydrogen-bond donors (Lipinski definition) is 2. The van der Waals surface area contributed by atoms with Crippen LogP contribution in [0.15, 0.2) is 42.9 Å². The molecular formula is C17H18N6O2. The van der Waals surface area contributed by atoms with E-state index in [1.807, 2.05) is 44.2 Å². The molecule has 1 aromatic carbocycles. The zero-order valence-corrected chi connectivity index (χ0v) is 13.9. The molecule has 0 aliphatic rings. The lowest BCUT2D eigenvalue weighted by Crippen LogP contribution is -2.16. The van der Waals surface area contributed by atoms with Gasteiger partial charge in [0.1, 0.15) is 6.33 Å². The lowest BCUT2D eigenvalue weighted by molar-refractivity contribution is -0.383. The van der Waals surface area contributed by atoms with Crippen molar-refractivity contribution in [3.8, 4) is 0 Å². The van der Waals surface area contributed by atoms with E-state index >= 15 is 0 Å². The SMILES string of the molecule is CCC(C)Nc1ncnc(Nc2cccc3ncccc23)c1[N+](=O)[O-]. The quantitative estimate of drug-likeness (QED) is 0.519. The lowest BCUT2D eigenvalue weighted by Gasteiger charge is -2.14. The third kappa shape index (κ3) is 3.47. The van der Waals surface area contributed by atoms with E-state index in [1.165, 1.54) is 6.33 Å². The molecule has 0 aliphatic heterocycles. The highest BCUT2D eigenvalue weighted by atomic mass is 16.6. The van der Waals surface area contributed by atoms with Crippen LogP contribution in [0.1, 0.15) is 20.3 Å². The molecule has 0 aliphatic carbocycles. The summed E-state index contributed by atoms with van der Waals surface area (Å²) in [7, 11) is 0. The molecule has 8 nitrogen and oxygen atoms in total. The number of aromatic nitrogens is 3. The molecule has 0 fully saturated rings. The third-order valence-corrected chi connectivity index (χ3v) is 3.90. The second kappa shape index (κ2) is 7.08. The van der Waals surface area contributed by atoms with Gasteiger partial charge in [-0.05, 0) is 37.6 Å². The molecule has 25 heavy (non-hydrogen) atoms. The van der Waals surface area contributed by atoms with Gasteiger partial charge in [0.15, 0.2) is 0 Å². The fourth-order valence-electron chi connectivity index (χ4n) is 2.42. The smallest absolute Gasteiger partial charge is 0.353 e. The fourth-order valence-corrected chi connectivity index (χ4v) is 2.42.